The lowest BCUT2D eigenvalue weighted by molar-refractivity contribution is -0.141. The second-order valence-electron chi connectivity index (χ2n) is 3.86. The van der Waals surface area contributed by atoms with Gasteiger partial charge in [-0.15, -0.1) is 0 Å². The normalized spacial score (nSPS) is 12.3. The quantitative estimate of drug-likeness (QED) is 0.821. The number of hydrogen-bond acceptors (Lipinski definition) is 3. The van der Waals surface area contributed by atoms with E-state index in [0.717, 1.165) is 0 Å². The highest BCUT2D eigenvalue weighted by molar-refractivity contribution is 5.70. The number of nitrogens with two attached hydrogens (primary N) is 1. The molecule has 0 amide bonds. The summed E-state index contributed by atoms with van der Waals surface area (Å²) in [5.41, 5.74) is 5.78. The Morgan fingerprint density at radius 1 is 1.41 bits per heavy atom. The molecule has 1 rings (SSSR count). The fourth-order valence-electron chi connectivity index (χ4n) is 1.69. The lowest BCUT2D eigenvalue weighted by atomic mass is 9.94. The van der Waals surface area contributed by atoms with Gasteiger partial charge in [-0.2, -0.15) is 0 Å². The van der Waals surface area contributed by atoms with Gasteiger partial charge in [-0.25, -0.2) is 8.78 Å². The summed E-state index contributed by atoms with van der Waals surface area (Å²) in [4.78, 5) is 11.1. The number of rotatable bonds is 4. The first-order chi connectivity index (χ1) is 7.99. The Morgan fingerprint density at radius 2 is 1.94 bits per heavy atom. The van der Waals surface area contributed by atoms with Crippen molar-refractivity contribution in [1.82, 2.24) is 0 Å². The van der Waals surface area contributed by atoms with Gasteiger partial charge in [0.2, 0.25) is 0 Å². The number of carbonyl (C=O) groups is 1. The monoisotopic (exact) mass is 243 g/mol. The Morgan fingerprint density at radius 3 is 2.35 bits per heavy atom. The van der Waals surface area contributed by atoms with Crippen LogP contribution in [-0.4, -0.2) is 19.6 Å². The molecule has 0 fully saturated rings. The maximum absolute atomic E-state index is 13.7. The van der Waals surface area contributed by atoms with Gasteiger partial charge in [0.05, 0.1) is 13.5 Å². The Hall–Kier alpha value is -1.49. The van der Waals surface area contributed by atoms with E-state index in [-0.39, 0.29) is 18.5 Å². The summed E-state index contributed by atoms with van der Waals surface area (Å²) < 4.78 is 31.8. The minimum atomic E-state index is -0.706. The molecule has 0 radical (unpaired) electrons. The van der Waals surface area contributed by atoms with E-state index < -0.39 is 23.5 Å². The molecule has 94 valence electrons. The van der Waals surface area contributed by atoms with Crippen LogP contribution in [-0.2, 0) is 9.53 Å². The molecular weight excluding hydrogens is 228 g/mol. The van der Waals surface area contributed by atoms with Gasteiger partial charge in [0.25, 0.3) is 0 Å². The SMILES string of the molecule is COC(=O)CC(CN)c1c(F)cc(C)cc1F. The van der Waals surface area contributed by atoms with Crippen molar-refractivity contribution in [3.63, 3.8) is 0 Å². The van der Waals surface area contributed by atoms with Crippen LogP contribution in [0.3, 0.4) is 0 Å². The van der Waals surface area contributed by atoms with Crippen LogP contribution in [0.2, 0.25) is 0 Å². The van der Waals surface area contributed by atoms with Crippen LogP contribution < -0.4 is 5.73 Å². The van der Waals surface area contributed by atoms with Gasteiger partial charge in [-0.3, -0.25) is 4.79 Å². The van der Waals surface area contributed by atoms with E-state index in [1.165, 1.54) is 19.2 Å². The lowest BCUT2D eigenvalue weighted by Crippen LogP contribution is -2.19. The summed E-state index contributed by atoms with van der Waals surface area (Å²) >= 11 is 0. The average Bonchev–Trinajstić information content (AvgIpc) is 2.25. The number of ether oxygens (including phenoxy) is 1. The Bertz CT molecular complexity index is 398. The molecule has 5 heteroatoms. The average molecular weight is 243 g/mol. The van der Waals surface area contributed by atoms with E-state index in [0.29, 0.717) is 5.56 Å². The van der Waals surface area contributed by atoms with Crippen molar-refractivity contribution < 1.29 is 18.3 Å². The smallest absolute Gasteiger partial charge is 0.306 e. The maximum Gasteiger partial charge on any atom is 0.306 e. The van der Waals surface area contributed by atoms with Crippen molar-refractivity contribution in [3.05, 3.63) is 34.9 Å². The summed E-state index contributed by atoms with van der Waals surface area (Å²) in [6, 6.07) is 2.44. The van der Waals surface area contributed by atoms with E-state index in [1.807, 2.05) is 0 Å². The van der Waals surface area contributed by atoms with Crippen LogP contribution in [0.25, 0.3) is 0 Å². The molecule has 0 aliphatic heterocycles. The zero-order valence-electron chi connectivity index (χ0n) is 9.80. The number of carbonyl (C=O) groups excluding carboxylic acids is 1. The van der Waals surface area contributed by atoms with Crippen LogP contribution in [0.1, 0.15) is 23.5 Å². The molecule has 3 nitrogen and oxygen atoms in total. The molecule has 1 aromatic rings. The maximum atomic E-state index is 13.7. The highest BCUT2D eigenvalue weighted by Crippen LogP contribution is 2.26. The number of aryl methyl sites for hydroxylation is 1. The summed E-state index contributed by atoms with van der Waals surface area (Å²) in [5.74, 6) is -2.61. The summed E-state index contributed by atoms with van der Waals surface area (Å²) in [7, 11) is 1.22. The predicted molar refractivity (Wildman–Crippen MR) is 59.5 cm³/mol. The molecule has 0 saturated heterocycles. The summed E-state index contributed by atoms with van der Waals surface area (Å²) in [5, 5.41) is 0. The van der Waals surface area contributed by atoms with Crippen LogP contribution in [0.5, 0.6) is 0 Å². The summed E-state index contributed by atoms with van der Waals surface area (Å²) in [6.45, 7) is 1.57. The van der Waals surface area contributed by atoms with Crippen molar-refractivity contribution in [2.45, 2.75) is 19.3 Å². The van der Waals surface area contributed by atoms with Crippen molar-refractivity contribution >= 4 is 5.97 Å². The van der Waals surface area contributed by atoms with Crippen LogP contribution in [0.15, 0.2) is 12.1 Å². The number of hydrogen-bond donors (Lipinski definition) is 1. The molecule has 0 aliphatic rings. The molecule has 0 aliphatic carbocycles. The fraction of sp³-hybridized carbons (Fsp3) is 0.417. The van der Waals surface area contributed by atoms with Gasteiger partial charge in [0.15, 0.2) is 0 Å². The van der Waals surface area contributed by atoms with Gasteiger partial charge >= 0.3 is 5.97 Å². The molecule has 2 N–H and O–H groups in total. The molecule has 0 spiro atoms. The highest BCUT2D eigenvalue weighted by Gasteiger charge is 2.22. The van der Waals surface area contributed by atoms with Crippen LogP contribution in [0.4, 0.5) is 8.78 Å². The molecule has 1 aromatic carbocycles. The first-order valence-corrected chi connectivity index (χ1v) is 5.22. The van der Waals surface area contributed by atoms with Crippen LogP contribution in [0, 0.1) is 18.6 Å². The van der Waals surface area contributed by atoms with E-state index in [4.69, 9.17) is 5.73 Å². The molecule has 17 heavy (non-hydrogen) atoms. The minimum Gasteiger partial charge on any atom is -0.469 e. The predicted octanol–water partition coefficient (Wildman–Crippen LogP) is 1.88. The minimum absolute atomic E-state index is 0.0218. The van der Waals surface area contributed by atoms with Gasteiger partial charge in [-0.1, -0.05) is 0 Å². The number of methoxy groups -OCH3 is 1. The van der Waals surface area contributed by atoms with Gasteiger partial charge in [0.1, 0.15) is 11.6 Å². The number of halogens is 2. The Labute approximate surface area is 98.6 Å². The van der Waals surface area contributed by atoms with Gasteiger partial charge in [-0.05, 0) is 31.2 Å². The molecule has 1 atom stereocenters. The second kappa shape index (κ2) is 5.72. The highest BCUT2D eigenvalue weighted by atomic mass is 19.1. The van der Waals surface area contributed by atoms with Gasteiger partial charge < -0.3 is 10.5 Å². The standard InChI is InChI=1S/C12H15F2NO2/c1-7-3-9(13)12(10(14)4-7)8(6-15)5-11(16)17-2/h3-4,8H,5-6,15H2,1-2H3. The van der Waals surface area contributed by atoms with Crippen molar-refractivity contribution in [1.29, 1.82) is 0 Å². The molecule has 0 saturated carbocycles. The Balaban J connectivity index is 3.07. The molecule has 1 unspecified atom stereocenters. The molecule has 0 bridgehead atoms. The van der Waals surface area contributed by atoms with E-state index in [1.54, 1.807) is 6.92 Å². The summed E-state index contributed by atoms with van der Waals surface area (Å²) in [6.07, 6.45) is -0.135. The molecular formula is C12H15F2NO2. The largest absolute Gasteiger partial charge is 0.469 e. The molecule has 0 aromatic heterocycles. The number of benzene rings is 1. The first kappa shape index (κ1) is 13.6. The number of esters is 1. The zero-order chi connectivity index (χ0) is 13.0. The third-order valence-corrected chi connectivity index (χ3v) is 2.56. The van der Waals surface area contributed by atoms with E-state index in [9.17, 15) is 13.6 Å². The third-order valence-electron chi connectivity index (χ3n) is 2.56. The van der Waals surface area contributed by atoms with E-state index >= 15 is 0 Å². The third kappa shape index (κ3) is 3.23. The van der Waals surface area contributed by atoms with E-state index in [2.05, 4.69) is 4.74 Å². The Kier molecular flexibility index (Phi) is 4.57. The second-order valence-corrected chi connectivity index (χ2v) is 3.86. The van der Waals surface area contributed by atoms with Crippen molar-refractivity contribution in [2.24, 2.45) is 5.73 Å². The fourth-order valence-corrected chi connectivity index (χ4v) is 1.69. The van der Waals surface area contributed by atoms with Crippen molar-refractivity contribution in [3.8, 4) is 0 Å². The van der Waals surface area contributed by atoms with Crippen LogP contribution >= 0.6 is 0 Å². The lowest BCUT2D eigenvalue weighted by Gasteiger charge is -2.16. The van der Waals surface area contributed by atoms with Gasteiger partial charge in [0, 0.05) is 11.5 Å². The first-order valence-electron chi connectivity index (χ1n) is 5.22. The topological polar surface area (TPSA) is 52.3 Å². The molecule has 0 heterocycles. The van der Waals surface area contributed by atoms with Crippen molar-refractivity contribution in [2.75, 3.05) is 13.7 Å². The zero-order valence-corrected chi connectivity index (χ0v) is 9.80.